The third kappa shape index (κ3) is 4.34. The molecule has 1 aromatic heterocycles. The van der Waals surface area contributed by atoms with Gasteiger partial charge >= 0.3 is 0 Å². The van der Waals surface area contributed by atoms with Gasteiger partial charge in [-0.1, -0.05) is 43.3 Å². The molecule has 0 spiro atoms. The van der Waals surface area contributed by atoms with Crippen LogP contribution in [0.4, 0.5) is 4.39 Å². The average Bonchev–Trinajstić information content (AvgIpc) is 2.79. The summed E-state index contributed by atoms with van der Waals surface area (Å²) < 4.78 is 24.3. The van der Waals surface area contributed by atoms with E-state index in [9.17, 15) is 4.39 Å². The SMILES string of the molecule is CCc1cc(-c2ccc(-c3ccc(OCCOC)cc3)cc2)nc2ccc(F)cc12. The Labute approximate surface area is 176 Å². The molecule has 0 aliphatic rings. The Kier molecular flexibility index (Phi) is 6.05. The lowest BCUT2D eigenvalue weighted by Gasteiger charge is -2.10. The third-order valence-corrected chi connectivity index (χ3v) is 5.16. The van der Waals surface area contributed by atoms with Crippen molar-refractivity contribution in [1.29, 1.82) is 0 Å². The highest BCUT2D eigenvalue weighted by Gasteiger charge is 2.08. The highest BCUT2D eigenvalue weighted by molar-refractivity contribution is 5.85. The number of halogens is 1. The summed E-state index contributed by atoms with van der Waals surface area (Å²) in [6.07, 6.45) is 0.826. The van der Waals surface area contributed by atoms with Gasteiger partial charge in [-0.2, -0.15) is 0 Å². The first-order valence-corrected chi connectivity index (χ1v) is 10.1. The van der Waals surface area contributed by atoms with Crippen LogP contribution in [0.15, 0.2) is 72.8 Å². The molecule has 0 radical (unpaired) electrons. The van der Waals surface area contributed by atoms with Crippen molar-refractivity contribution in [2.45, 2.75) is 13.3 Å². The van der Waals surface area contributed by atoms with Crippen molar-refractivity contribution in [3.8, 4) is 28.1 Å². The van der Waals surface area contributed by atoms with Crippen molar-refractivity contribution < 1.29 is 13.9 Å². The molecule has 0 atom stereocenters. The number of methoxy groups -OCH3 is 1. The molecule has 4 heteroatoms. The Morgan fingerprint density at radius 3 is 2.13 bits per heavy atom. The van der Waals surface area contributed by atoms with Gasteiger partial charge in [0.2, 0.25) is 0 Å². The first-order valence-electron chi connectivity index (χ1n) is 10.1. The van der Waals surface area contributed by atoms with Crippen LogP contribution in [0, 0.1) is 5.82 Å². The second-order valence-electron chi connectivity index (χ2n) is 7.12. The van der Waals surface area contributed by atoms with E-state index in [1.807, 2.05) is 12.1 Å². The molecule has 0 amide bonds. The maximum Gasteiger partial charge on any atom is 0.123 e. The molecule has 0 fully saturated rings. The van der Waals surface area contributed by atoms with Gasteiger partial charge in [-0.25, -0.2) is 9.37 Å². The van der Waals surface area contributed by atoms with E-state index in [0.29, 0.717) is 13.2 Å². The summed E-state index contributed by atoms with van der Waals surface area (Å²) in [5, 5.41) is 0.880. The molecule has 152 valence electrons. The van der Waals surface area contributed by atoms with E-state index >= 15 is 0 Å². The van der Waals surface area contributed by atoms with E-state index < -0.39 is 0 Å². The van der Waals surface area contributed by atoms with Gasteiger partial charge in [-0.3, -0.25) is 0 Å². The Hall–Kier alpha value is -3.24. The summed E-state index contributed by atoms with van der Waals surface area (Å²) in [6.45, 7) is 3.19. The van der Waals surface area contributed by atoms with Gasteiger partial charge in [-0.05, 0) is 59.5 Å². The van der Waals surface area contributed by atoms with Gasteiger partial charge in [0.15, 0.2) is 0 Å². The maximum atomic E-state index is 13.6. The Morgan fingerprint density at radius 2 is 1.47 bits per heavy atom. The molecule has 0 unspecified atom stereocenters. The van der Waals surface area contributed by atoms with Crippen molar-refractivity contribution >= 4 is 10.9 Å². The molecular weight excluding hydrogens is 377 g/mol. The average molecular weight is 401 g/mol. The van der Waals surface area contributed by atoms with Crippen LogP contribution in [0.3, 0.4) is 0 Å². The molecule has 3 nitrogen and oxygen atoms in total. The fraction of sp³-hybridized carbons (Fsp3) is 0.192. The van der Waals surface area contributed by atoms with Gasteiger partial charge in [0.25, 0.3) is 0 Å². The van der Waals surface area contributed by atoms with Gasteiger partial charge in [-0.15, -0.1) is 0 Å². The summed E-state index contributed by atoms with van der Waals surface area (Å²) in [5.74, 6) is 0.600. The van der Waals surface area contributed by atoms with E-state index in [1.165, 1.54) is 6.07 Å². The standard InChI is InChI=1S/C26H24FNO2/c1-3-18-16-26(28-25-13-10-22(27)17-24(18)25)21-6-4-19(5-7-21)20-8-11-23(12-9-20)30-15-14-29-2/h4-13,16-17H,3,14-15H2,1-2H3. The highest BCUT2D eigenvalue weighted by atomic mass is 19.1. The number of nitrogens with zero attached hydrogens (tertiary/aromatic N) is 1. The predicted molar refractivity (Wildman–Crippen MR) is 119 cm³/mol. The highest BCUT2D eigenvalue weighted by Crippen LogP contribution is 2.29. The Morgan fingerprint density at radius 1 is 0.800 bits per heavy atom. The van der Waals surface area contributed by atoms with Crippen LogP contribution in [0.1, 0.15) is 12.5 Å². The zero-order valence-electron chi connectivity index (χ0n) is 17.2. The van der Waals surface area contributed by atoms with E-state index in [1.54, 1.807) is 19.2 Å². The molecule has 0 bridgehead atoms. The van der Waals surface area contributed by atoms with Crippen LogP contribution in [0.2, 0.25) is 0 Å². The zero-order valence-corrected chi connectivity index (χ0v) is 17.2. The normalized spacial score (nSPS) is 11.0. The molecule has 4 aromatic rings. The zero-order chi connectivity index (χ0) is 20.9. The Bertz CT molecular complexity index is 1140. The quantitative estimate of drug-likeness (QED) is 0.341. The van der Waals surface area contributed by atoms with Crippen LogP contribution in [-0.2, 0) is 11.2 Å². The lowest BCUT2D eigenvalue weighted by molar-refractivity contribution is 0.146. The topological polar surface area (TPSA) is 31.4 Å². The fourth-order valence-electron chi connectivity index (χ4n) is 3.53. The molecule has 1 heterocycles. The molecule has 0 saturated carbocycles. The van der Waals surface area contributed by atoms with Crippen molar-refractivity contribution in [2.24, 2.45) is 0 Å². The molecule has 3 aromatic carbocycles. The van der Waals surface area contributed by atoms with Crippen LogP contribution < -0.4 is 4.74 Å². The van der Waals surface area contributed by atoms with E-state index in [4.69, 9.17) is 14.5 Å². The number of aryl methyl sites for hydroxylation is 1. The number of hydrogen-bond acceptors (Lipinski definition) is 3. The molecule has 0 aliphatic heterocycles. The van der Waals surface area contributed by atoms with E-state index in [-0.39, 0.29) is 5.82 Å². The van der Waals surface area contributed by atoms with Crippen molar-refractivity contribution in [3.05, 3.63) is 84.2 Å². The number of hydrogen-bond donors (Lipinski definition) is 0. The minimum atomic E-state index is -0.230. The molecule has 0 saturated heterocycles. The van der Waals surface area contributed by atoms with Crippen LogP contribution in [0.25, 0.3) is 33.3 Å². The van der Waals surface area contributed by atoms with Crippen molar-refractivity contribution in [2.75, 3.05) is 20.3 Å². The monoisotopic (exact) mass is 401 g/mol. The van der Waals surface area contributed by atoms with E-state index in [2.05, 4.69) is 49.4 Å². The predicted octanol–water partition coefficient (Wildman–Crippen LogP) is 6.30. The number of rotatable bonds is 7. The second kappa shape index (κ2) is 9.06. The van der Waals surface area contributed by atoms with Crippen molar-refractivity contribution in [1.82, 2.24) is 4.98 Å². The Balaban J connectivity index is 1.58. The smallest absolute Gasteiger partial charge is 0.123 e. The summed E-state index contributed by atoms with van der Waals surface area (Å²) in [6, 6.07) is 23.2. The van der Waals surface area contributed by atoms with Crippen molar-refractivity contribution in [3.63, 3.8) is 0 Å². The third-order valence-electron chi connectivity index (χ3n) is 5.16. The summed E-state index contributed by atoms with van der Waals surface area (Å²) >= 11 is 0. The summed E-state index contributed by atoms with van der Waals surface area (Å²) in [7, 11) is 1.66. The number of benzene rings is 3. The van der Waals surface area contributed by atoms with E-state index in [0.717, 1.165) is 51.0 Å². The van der Waals surface area contributed by atoms with Gasteiger partial charge < -0.3 is 9.47 Å². The fourth-order valence-corrected chi connectivity index (χ4v) is 3.53. The number of aromatic nitrogens is 1. The molecule has 0 N–H and O–H groups in total. The molecule has 4 rings (SSSR count). The van der Waals surface area contributed by atoms with Gasteiger partial charge in [0.1, 0.15) is 18.2 Å². The minimum Gasteiger partial charge on any atom is -0.491 e. The summed E-state index contributed by atoms with van der Waals surface area (Å²) in [4.78, 5) is 4.75. The van der Waals surface area contributed by atoms with Crippen LogP contribution >= 0.6 is 0 Å². The largest absolute Gasteiger partial charge is 0.491 e. The number of fused-ring (bicyclic) bond motifs is 1. The van der Waals surface area contributed by atoms with Crippen LogP contribution in [-0.4, -0.2) is 25.3 Å². The minimum absolute atomic E-state index is 0.230. The number of pyridine rings is 1. The van der Waals surface area contributed by atoms with Gasteiger partial charge in [0, 0.05) is 18.1 Å². The molecule has 30 heavy (non-hydrogen) atoms. The number of ether oxygens (including phenoxy) is 2. The lowest BCUT2D eigenvalue weighted by Crippen LogP contribution is -2.03. The summed E-state index contributed by atoms with van der Waals surface area (Å²) in [5.41, 5.74) is 6.11. The molecule has 0 aliphatic carbocycles. The van der Waals surface area contributed by atoms with Crippen LogP contribution in [0.5, 0.6) is 5.75 Å². The second-order valence-corrected chi connectivity index (χ2v) is 7.12. The first kappa shape index (κ1) is 20.0. The molecular formula is C26H24FNO2. The first-order chi connectivity index (χ1) is 14.7. The van der Waals surface area contributed by atoms with Gasteiger partial charge in [0.05, 0.1) is 17.8 Å². The lowest BCUT2D eigenvalue weighted by atomic mass is 10.00. The maximum absolute atomic E-state index is 13.6.